The van der Waals surface area contributed by atoms with Crippen LogP contribution < -0.4 is 18.9 Å². The lowest BCUT2D eigenvalue weighted by atomic mass is 9.86. The topological polar surface area (TPSA) is 147 Å². The third-order valence-electron chi connectivity index (χ3n) is 10.4. The van der Waals surface area contributed by atoms with Gasteiger partial charge in [-0.15, -0.1) is 0 Å². The Morgan fingerprint density at radius 3 is 2.26 bits per heavy atom. The molecule has 3 aromatic carbocycles. The third-order valence-corrected chi connectivity index (χ3v) is 12.5. The summed E-state index contributed by atoms with van der Waals surface area (Å²) in [7, 11) is -4.48. The van der Waals surface area contributed by atoms with Crippen LogP contribution in [-0.4, -0.2) is 64.2 Å². The molecule has 12 nitrogen and oxygen atoms in total. The molecule has 1 N–H and O–H groups in total. The molecule has 1 saturated carbocycles. The van der Waals surface area contributed by atoms with E-state index in [9.17, 15) is 36.4 Å². The molecule has 4 heterocycles. The molecule has 18 heteroatoms. The molecule has 4 aliphatic rings. The summed E-state index contributed by atoms with van der Waals surface area (Å²) in [5.74, 6) is -2.32. The number of fused-ring (bicyclic) bond motifs is 3. The monoisotopic (exact) mass is 863 g/mol. The highest BCUT2D eigenvalue weighted by Crippen LogP contribution is 2.38. The lowest BCUT2D eigenvalue weighted by Crippen LogP contribution is -2.52. The maximum absolute atomic E-state index is 14.3. The second-order valence-electron chi connectivity index (χ2n) is 14.5. The second kappa shape index (κ2) is 17.7. The predicted octanol–water partition coefficient (Wildman–Crippen LogP) is 6.95. The number of hydrogen-bond acceptors (Lipinski definition) is 10. The van der Waals surface area contributed by atoms with E-state index in [0.29, 0.717) is 11.3 Å². The highest BCUT2D eigenvalue weighted by molar-refractivity contribution is 7.89. The first-order valence-corrected chi connectivity index (χ1v) is 20.8. The summed E-state index contributed by atoms with van der Waals surface area (Å²) in [6.07, 6.45) is 3.87. The molecular formula is C40H38Cl2F3N3O9S. The zero-order valence-corrected chi connectivity index (χ0v) is 33.0. The molecule has 1 aromatic heterocycles. The van der Waals surface area contributed by atoms with Gasteiger partial charge in [-0.25, -0.2) is 22.4 Å². The lowest BCUT2D eigenvalue weighted by Gasteiger charge is -2.44. The molecule has 0 radical (unpaired) electrons. The van der Waals surface area contributed by atoms with Gasteiger partial charge >= 0.3 is 18.6 Å². The average Bonchev–Trinajstić information content (AvgIpc) is 4.02. The number of ether oxygens (including phenoxy) is 4. The quantitative estimate of drug-likeness (QED) is 0.0713. The molecule has 2 bridgehead atoms. The summed E-state index contributed by atoms with van der Waals surface area (Å²) >= 11 is 12.7. The number of alkyl halides is 2. The molecule has 0 spiro atoms. The fourth-order valence-corrected chi connectivity index (χ4v) is 8.82. The number of hydrogen-bond donors (Lipinski definition) is 1. The highest BCUT2D eigenvalue weighted by atomic mass is 35.5. The van der Waals surface area contributed by atoms with E-state index in [1.807, 2.05) is 0 Å². The van der Waals surface area contributed by atoms with Crippen LogP contribution in [0.5, 0.6) is 11.5 Å². The smallest absolute Gasteiger partial charge is 0.387 e. The Morgan fingerprint density at radius 1 is 0.931 bits per heavy atom. The Hall–Kier alpha value is -4.61. The number of nitrogens with zero attached hydrogens (tertiary/aromatic N) is 2. The van der Waals surface area contributed by atoms with Crippen molar-refractivity contribution < 1.29 is 54.9 Å². The van der Waals surface area contributed by atoms with Crippen molar-refractivity contribution in [2.24, 2.45) is 11.8 Å². The fourth-order valence-electron chi connectivity index (χ4n) is 7.05. The number of benzene rings is 3. The Balaban J connectivity index is 1.12. The summed E-state index contributed by atoms with van der Waals surface area (Å²) in [6.45, 7) is -0.577. The average molecular weight is 865 g/mol. The molecule has 4 aromatic rings. The van der Waals surface area contributed by atoms with Crippen LogP contribution in [0.1, 0.15) is 64.9 Å². The van der Waals surface area contributed by atoms with Gasteiger partial charge in [0.2, 0.25) is 10.0 Å². The largest absolute Gasteiger partial charge is 0.619 e. The number of esters is 2. The van der Waals surface area contributed by atoms with E-state index in [-0.39, 0.29) is 73.6 Å². The van der Waals surface area contributed by atoms with E-state index in [1.54, 1.807) is 0 Å². The van der Waals surface area contributed by atoms with Gasteiger partial charge in [0.05, 0.1) is 17.1 Å². The van der Waals surface area contributed by atoms with Crippen LogP contribution in [0.3, 0.4) is 0 Å². The fraction of sp³-hybridized carbons (Fsp3) is 0.375. The van der Waals surface area contributed by atoms with Crippen molar-refractivity contribution in [2.75, 3.05) is 26.2 Å². The molecule has 8 rings (SSSR count). The van der Waals surface area contributed by atoms with Gasteiger partial charge < -0.3 is 24.2 Å². The first-order valence-electron chi connectivity index (χ1n) is 18.5. The van der Waals surface area contributed by atoms with Gasteiger partial charge in [0, 0.05) is 18.5 Å². The maximum Gasteiger partial charge on any atom is 0.387 e. The van der Waals surface area contributed by atoms with Crippen molar-refractivity contribution in [1.29, 1.82) is 0 Å². The summed E-state index contributed by atoms with van der Waals surface area (Å²) in [4.78, 5) is 29.1. The van der Waals surface area contributed by atoms with Crippen molar-refractivity contribution in [1.82, 2.24) is 9.62 Å². The van der Waals surface area contributed by atoms with Crippen LogP contribution in [0, 0.1) is 22.9 Å². The molecule has 3 saturated heterocycles. The number of carbonyl (C=O) groups is 2. The minimum atomic E-state index is -4.48. The Kier molecular flexibility index (Phi) is 12.7. The van der Waals surface area contributed by atoms with Crippen molar-refractivity contribution in [3.63, 3.8) is 0 Å². The Bertz CT molecular complexity index is 2240. The summed E-state index contributed by atoms with van der Waals surface area (Å²) < 4.78 is 93.3. The molecule has 0 amide bonds. The number of rotatable bonds is 16. The Morgan fingerprint density at radius 2 is 1.64 bits per heavy atom. The SMILES string of the molecule is O=C(O[C@@H](Cc1c(Cl)c[n+]([O-])cc1Cl)c1ccc(OC(F)F)c(OCC2CC2)c1)c1ccc(S(=O)(=O)NC(C(=O)O[C@H]2CN3CCC2CC3)c2cccc(F)c2)cc1. The predicted molar refractivity (Wildman–Crippen MR) is 204 cm³/mol. The number of nitrogens with one attached hydrogen (secondary N) is 1. The summed E-state index contributed by atoms with van der Waals surface area (Å²) in [5.41, 5.74) is 0.482. The van der Waals surface area contributed by atoms with Gasteiger partial charge in [0.15, 0.2) is 23.9 Å². The number of sulfonamides is 1. The molecule has 4 fully saturated rings. The van der Waals surface area contributed by atoms with E-state index in [4.69, 9.17) is 37.4 Å². The van der Waals surface area contributed by atoms with E-state index >= 15 is 0 Å². The van der Waals surface area contributed by atoms with Crippen molar-refractivity contribution in [3.05, 3.63) is 122 Å². The minimum absolute atomic E-state index is 0.0142. The zero-order chi connectivity index (χ0) is 41.1. The standard InChI is InChI=1S/C40H38Cl2F3N3O9S/c41-31-19-48(51)20-32(42)30(31)18-34(26-8-11-33(57-40(44)45)35(17-26)54-22-23-4-5-23)55-38(49)25-6-9-29(10-7-25)58(52,53)46-37(27-2-1-3-28(43)16-27)39(50)56-36-21-47-14-12-24(36)13-15-47/h1-3,6-11,16-17,19-20,23-24,34,36-37,40,46H,4-5,12-15,18,21-22H2/t34-,36-,37?/m0/s1. The molecule has 1 unspecified atom stereocenters. The van der Waals surface area contributed by atoms with Gasteiger partial charge in [0.1, 0.15) is 34.1 Å². The van der Waals surface area contributed by atoms with Gasteiger partial charge in [-0.1, -0.05) is 41.4 Å². The van der Waals surface area contributed by atoms with E-state index in [0.717, 1.165) is 69.4 Å². The van der Waals surface area contributed by atoms with Crippen molar-refractivity contribution in [2.45, 2.75) is 61.9 Å². The number of carbonyl (C=O) groups excluding carboxylic acids is 2. The first kappa shape index (κ1) is 41.5. The first-order chi connectivity index (χ1) is 27.7. The molecule has 1 aliphatic carbocycles. The number of halogens is 5. The second-order valence-corrected chi connectivity index (χ2v) is 17.0. The van der Waals surface area contributed by atoms with Crippen molar-refractivity contribution in [3.8, 4) is 11.5 Å². The van der Waals surface area contributed by atoms with Crippen LogP contribution >= 0.6 is 23.2 Å². The minimum Gasteiger partial charge on any atom is -0.619 e. The lowest BCUT2D eigenvalue weighted by molar-refractivity contribution is -0.605. The van der Waals surface area contributed by atoms with Gasteiger partial charge in [0.25, 0.3) is 0 Å². The van der Waals surface area contributed by atoms with Gasteiger partial charge in [-0.05, 0) is 110 Å². The third kappa shape index (κ3) is 10.1. The van der Waals surface area contributed by atoms with Crippen LogP contribution in [0.4, 0.5) is 13.2 Å². The van der Waals surface area contributed by atoms with Gasteiger partial charge in [-0.3, -0.25) is 4.90 Å². The summed E-state index contributed by atoms with van der Waals surface area (Å²) in [6, 6.07) is 12.1. The normalized spacial score (nSPS) is 20.0. The number of aromatic nitrogens is 1. The van der Waals surface area contributed by atoms with Crippen LogP contribution in [0.2, 0.25) is 10.0 Å². The van der Waals surface area contributed by atoms with Crippen LogP contribution in [-0.2, 0) is 30.7 Å². The van der Waals surface area contributed by atoms with Crippen LogP contribution in [0.25, 0.3) is 0 Å². The molecule has 308 valence electrons. The number of piperidine rings is 3. The molecule has 58 heavy (non-hydrogen) atoms. The number of pyridine rings is 1. The summed E-state index contributed by atoms with van der Waals surface area (Å²) in [5, 5.41) is 11.9. The maximum atomic E-state index is 14.3. The van der Waals surface area contributed by atoms with Crippen molar-refractivity contribution >= 4 is 45.2 Å². The van der Waals surface area contributed by atoms with E-state index in [2.05, 4.69) is 14.4 Å². The van der Waals surface area contributed by atoms with E-state index < -0.39 is 52.6 Å². The highest BCUT2D eigenvalue weighted by Gasteiger charge is 2.39. The molecule has 3 atom stereocenters. The zero-order valence-electron chi connectivity index (χ0n) is 30.7. The van der Waals surface area contributed by atoms with Crippen LogP contribution in [0.15, 0.2) is 84.0 Å². The van der Waals surface area contributed by atoms with Gasteiger partial charge in [-0.2, -0.15) is 18.2 Å². The van der Waals surface area contributed by atoms with E-state index in [1.165, 1.54) is 48.5 Å². The molecular weight excluding hydrogens is 826 g/mol. The Labute approximate surface area is 342 Å². The molecule has 3 aliphatic heterocycles.